The lowest BCUT2D eigenvalue weighted by Crippen LogP contribution is -2.32. The van der Waals surface area contributed by atoms with E-state index in [-0.39, 0.29) is 12.4 Å². The molecule has 0 amide bonds. The molecule has 5 heteroatoms. The van der Waals surface area contributed by atoms with Crippen LogP contribution in [-0.4, -0.2) is 25.0 Å². The quantitative estimate of drug-likeness (QED) is 0.813. The Labute approximate surface area is 95.9 Å². The first kappa shape index (κ1) is 13.1. The zero-order valence-corrected chi connectivity index (χ0v) is 10.5. The van der Waals surface area contributed by atoms with Crippen LogP contribution in [0.4, 0.5) is 4.39 Å². The molecular weight excluding hydrogens is 229 g/mol. The summed E-state index contributed by atoms with van der Waals surface area (Å²) in [6, 6.07) is 6.18. The molecule has 0 aromatic heterocycles. The van der Waals surface area contributed by atoms with E-state index in [0.717, 1.165) is 0 Å². The van der Waals surface area contributed by atoms with Crippen LogP contribution in [0.1, 0.15) is 19.4 Å². The lowest BCUT2D eigenvalue weighted by Gasteiger charge is -2.19. The van der Waals surface area contributed by atoms with Crippen molar-refractivity contribution in [2.45, 2.75) is 25.6 Å². The molecule has 0 radical (unpaired) electrons. The van der Waals surface area contributed by atoms with Crippen molar-refractivity contribution in [1.82, 2.24) is 4.31 Å². The topological polar surface area (TPSA) is 37.4 Å². The van der Waals surface area contributed by atoms with Crippen LogP contribution in [0.3, 0.4) is 0 Å². The van der Waals surface area contributed by atoms with Crippen LogP contribution >= 0.6 is 0 Å². The van der Waals surface area contributed by atoms with E-state index in [1.807, 2.05) is 0 Å². The third-order valence-corrected chi connectivity index (χ3v) is 4.57. The molecule has 0 saturated carbocycles. The van der Waals surface area contributed by atoms with Crippen molar-refractivity contribution in [2.75, 3.05) is 7.05 Å². The highest BCUT2D eigenvalue weighted by Gasteiger charge is 2.22. The standard InChI is InChI=1S/C11H16FNO2S/c1-9(2)16(14,15)13(3)8-10-6-4-5-7-11(10)12/h4-7,9H,8H2,1-3H3. The first-order valence-electron chi connectivity index (χ1n) is 5.04. The highest BCUT2D eigenvalue weighted by molar-refractivity contribution is 7.89. The first-order valence-corrected chi connectivity index (χ1v) is 6.54. The Balaban J connectivity index is 2.88. The maximum atomic E-state index is 13.3. The van der Waals surface area contributed by atoms with E-state index in [4.69, 9.17) is 0 Å². The van der Waals surface area contributed by atoms with Crippen molar-refractivity contribution in [2.24, 2.45) is 0 Å². The van der Waals surface area contributed by atoms with Gasteiger partial charge in [-0.3, -0.25) is 0 Å². The van der Waals surface area contributed by atoms with Crippen LogP contribution in [0.15, 0.2) is 24.3 Å². The van der Waals surface area contributed by atoms with E-state index in [0.29, 0.717) is 5.56 Å². The molecule has 0 bridgehead atoms. The summed E-state index contributed by atoms with van der Waals surface area (Å²) in [6.07, 6.45) is 0. The molecule has 0 aliphatic carbocycles. The average Bonchev–Trinajstić information content (AvgIpc) is 2.21. The molecule has 0 atom stereocenters. The third kappa shape index (κ3) is 2.80. The lowest BCUT2D eigenvalue weighted by molar-refractivity contribution is 0.450. The second-order valence-corrected chi connectivity index (χ2v) is 6.54. The fraction of sp³-hybridized carbons (Fsp3) is 0.455. The summed E-state index contributed by atoms with van der Waals surface area (Å²) >= 11 is 0. The zero-order chi connectivity index (χ0) is 12.3. The van der Waals surface area contributed by atoms with Crippen molar-refractivity contribution in [1.29, 1.82) is 0 Å². The molecule has 0 unspecified atom stereocenters. The van der Waals surface area contributed by atoms with Gasteiger partial charge in [0.15, 0.2) is 0 Å². The minimum Gasteiger partial charge on any atom is -0.212 e. The largest absolute Gasteiger partial charge is 0.216 e. The molecule has 1 aromatic rings. The second-order valence-electron chi connectivity index (χ2n) is 3.94. The van der Waals surface area contributed by atoms with Gasteiger partial charge in [-0.05, 0) is 19.9 Å². The molecule has 0 heterocycles. The molecule has 1 aromatic carbocycles. The van der Waals surface area contributed by atoms with Gasteiger partial charge in [0.1, 0.15) is 5.82 Å². The lowest BCUT2D eigenvalue weighted by atomic mass is 10.2. The molecule has 0 spiro atoms. The van der Waals surface area contributed by atoms with Crippen molar-refractivity contribution >= 4 is 10.0 Å². The van der Waals surface area contributed by atoms with Crippen LogP contribution in [0.2, 0.25) is 0 Å². The van der Waals surface area contributed by atoms with E-state index >= 15 is 0 Å². The van der Waals surface area contributed by atoms with Crippen LogP contribution in [0, 0.1) is 5.82 Å². The van der Waals surface area contributed by atoms with E-state index in [1.54, 1.807) is 32.0 Å². The highest BCUT2D eigenvalue weighted by Crippen LogP contribution is 2.13. The second kappa shape index (κ2) is 4.93. The van der Waals surface area contributed by atoms with Crippen LogP contribution in [0.5, 0.6) is 0 Å². The first-order chi connectivity index (χ1) is 7.35. The van der Waals surface area contributed by atoms with Crippen molar-refractivity contribution in [3.8, 4) is 0 Å². The van der Waals surface area contributed by atoms with Gasteiger partial charge in [0.25, 0.3) is 0 Å². The molecular formula is C11H16FNO2S. The van der Waals surface area contributed by atoms with Gasteiger partial charge in [-0.25, -0.2) is 17.1 Å². The maximum Gasteiger partial charge on any atom is 0.216 e. The minimum absolute atomic E-state index is 0.0627. The molecule has 0 N–H and O–H groups in total. The molecule has 3 nitrogen and oxygen atoms in total. The summed E-state index contributed by atoms with van der Waals surface area (Å²) in [6.45, 7) is 3.27. The Kier molecular flexibility index (Phi) is 4.04. The zero-order valence-electron chi connectivity index (χ0n) is 9.64. The maximum absolute atomic E-state index is 13.3. The van der Waals surface area contributed by atoms with Crippen molar-refractivity contribution < 1.29 is 12.8 Å². The molecule has 0 aliphatic heterocycles. The Bertz CT molecular complexity index is 457. The van der Waals surface area contributed by atoms with Gasteiger partial charge in [-0.15, -0.1) is 0 Å². The number of benzene rings is 1. The summed E-state index contributed by atoms with van der Waals surface area (Å²) in [5, 5.41) is -0.496. The smallest absolute Gasteiger partial charge is 0.212 e. The van der Waals surface area contributed by atoms with Crippen molar-refractivity contribution in [3.63, 3.8) is 0 Å². The van der Waals surface area contributed by atoms with Crippen LogP contribution < -0.4 is 0 Å². The number of rotatable bonds is 4. The highest BCUT2D eigenvalue weighted by atomic mass is 32.2. The van der Waals surface area contributed by atoms with E-state index in [1.165, 1.54) is 17.4 Å². The summed E-state index contributed by atoms with van der Waals surface area (Å²) in [5.74, 6) is -0.381. The van der Waals surface area contributed by atoms with Gasteiger partial charge >= 0.3 is 0 Å². The Morgan fingerprint density at radius 1 is 1.31 bits per heavy atom. The van der Waals surface area contributed by atoms with Gasteiger partial charge in [-0.1, -0.05) is 18.2 Å². The minimum atomic E-state index is -3.33. The molecule has 90 valence electrons. The molecule has 0 saturated heterocycles. The van der Waals surface area contributed by atoms with Gasteiger partial charge < -0.3 is 0 Å². The van der Waals surface area contributed by atoms with E-state index in [9.17, 15) is 12.8 Å². The summed E-state index contributed by atoms with van der Waals surface area (Å²) < 4.78 is 38.0. The number of hydrogen-bond donors (Lipinski definition) is 0. The number of nitrogens with zero attached hydrogens (tertiary/aromatic N) is 1. The number of sulfonamides is 1. The SMILES string of the molecule is CC(C)S(=O)(=O)N(C)Cc1ccccc1F. The normalized spacial score (nSPS) is 12.4. The van der Waals surface area contributed by atoms with Gasteiger partial charge in [0.05, 0.1) is 5.25 Å². The predicted octanol–water partition coefficient (Wildman–Crippen LogP) is 2.00. The van der Waals surface area contributed by atoms with Gasteiger partial charge in [-0.2, -0.15) is 0 Å². The van der Waals surface area contributed by atoms with Crippen LogP contribution in [-0.2, 0) is 16.6 Å². The summed E-state index contributed by atoms with van der Waals surface area (Å²) in [7, 11) is -1.87. The molecule has 1 rings (SSSR count). The van der Waals surface area contributed by atoms with Crippen molar-refractivity contribution in [3.05, 3.63) is 35.6 Å². The number of hydrogen-bond acceptors (Lipinski definition) is 2. The Morgan fingerprint density at radius 3 is 2.38 bits per heavy atom. The average molecular weight is 245 g/mol. The molecule has 16 heavy (non-hydrogen) atoms. The summed E-state index contributed by atoms with van der Waals surface area (Å²) in [5.41, 5.74) is 0.384. The van der Waals surface area contributed by atoms with E-state index < -0.39 is 15.3 Å². The summed E-state index contributed by atoms with van der Waals surface area (Å²) in [4.78, 5) is 0. The van der Waals surface area contributed by atoms with E-state index in [2.05, 4.69) is 0 Å². The Morgan fingerprint density at radius 2 is 1.88 bits per heavy atom. The van der Waals surface area contributed by atoms with Gasteiger partial charge in [0, 0.05) is 19.2 Å². The molecule has 0 aliphatic rings. The fourth-order valence-corrected chi connectivity index (χ4v) is 2.36. The monoisotopic (exact) mass is 245 g/mol. The van der Waals surface area contributed by atoms with Gasteiger partial charge in [0.2, 0.25) is 10.0 Å². The molecule has 0 fully saturated rings. The number of halogens is 1. The fourth-order valence-electron chi connectivity index (χ4n) is 1.32. The van der Waals surface area contributed by atoms with Crippen LogP contribution in [0.25, 0.3) is 0 Å². The predicted molar refractivity (Wildman–Crippen MR) is 61.9 cm³/mol. The Hall–Kier alpha value is -0.940. The third-order valence-electron chi connectivity index (χ3n) is 2.38.